The van der Waals surface area contributed by atoms with Crippen molar-refractivity contribution < 1.29 is 14.3 Å². The smallest absolute Gasteiger partial charge is 0.331 e. The highest BCUT2D eigenvalue weighted by Crippen LogP contribution is 2.31. The lowest BCUT2D eigenvalue weighted by molar-refractivity contribution is -0.142. The highest BCUT2D eigenvalue weighted by atomic mass is 35.5. The Hall–Kier alpha value is -1.75. The van der Waals surface area contributed by atoms with Crippen LogP contribution in [0.1, 0.15) is 26.7 Å². The van der Waals surface area contributed by atoms with Crippen LogP contribution in [0.4, 0.5) is 10.5 Å². The molecule has 0 aromatic heterocycles. The van der Waals surface area contributed by atoms with E-state index < -0.39 is 12.0 Å². The minimum absolute atomic E-state index is 0.168. The number of carbonyl (C=O) groups is 2. The van der Waals surface area contributed by atoms with E-state index in [0.29, 0.717) is 17.3 Å². The van der Waals surface area contributed by atoms with E-state index in [1.54, 1.807) is 29.2 Å². The number of ether oxygens (including phenoxy) is 1. The van der Waals surface area contributed by atoms with Gasteiger partial charge in [0.2, 0.25) is 0 Å². The zero-order valence-electron chi connectivity index (χ0n) is 13.1. The summed E-state index contributed by atoms with van der Waals surface area (Å²) in [6.07, 6.45) is 1.89. The van der Waals surface area contributed by atoms with Crippen LogP contribution in [0.5, 0.6) is 0 Å². The van der Waals surface area contributed by atoms with Gasteiger partial charge >= 0.3 is 12.0 Å². The van der Waals surface area contributed by atoms with E-state index in [4.69, 9.17) is 16.3 Å². The number of rotatable bonds is 5. The molecule has 2 atom stereocenters. The predicted octanol–water partition coefficient (Wildman–Crippen LogP) is 3.31. The molecule has 1 aromatic carbocycles. The summed E-state index contributed by atoms with van der Waals surface area (Å²) < 4.78 is 4.90. The summed E-state index contributed by atoms with van der Waals surface area (Å²) >= 11 is 5.90. The second kappa shape index (κ2) is 7.01. The van der Waals surface area contributed by atoms with Crippen molar-refractivity contribution in [3.63, 3.8) is 0 Å². The standard InChI is InChI=1S/C16H21ClN2O3/c1-4-5-10-18-11(2)14(15(20)22-3)19(16(18)21)13-8-6-12(17)7-9-13/h6-9,11,14H,4-5,10H2,1-3H3/t11-,14-/m0/s1. The fourth-order valence-corrected chi connectivity index (χ4v) is 2.87. The third-order valence-corrected chi connectivity index (χ3v) is 4.23. The molecule has 0 saturated carbocycles. The number of halogens is 1. The molecule has 5 nitrogen and oxygen atoms in total. The fraction of sp³-hybridized carbons (Fsp3) is 0.500. The molecule has 0 bridgehead atoms. The number of carbonyl (C=O) groups excluding carboxylic acids is 2. The summed E-state index contributed by atoms with van der Waals surface area (Å²) in [5.41, 5.74) is 0.649. The first-order valence-corrected chi connectivity index (χ1v) is 7.82. The Morgan fingerprint density at radius 3 is 2.50 bits per heavy atom. The highest BCUT2D eigenvalue weighted by Gasteiger charge is 2.48. The van der Waals surface area contributed by atoms with E-state index in [1.807, 2.05) is 6.92 Å². The molecule has 22 heavy (non-hydrogen) atoms. The number of methoxy groups -OCH3 is 1. The maximum Gasteiger partial charge on any atom is 0.331 e. The third kappa shape index (κ3) is 3.04. The summed E-state index contributed by atoms with van der Waals surface area (Å²) in [4.78, 5) is 28.2. The van der Waals surface area contributed by atoms with Gasteiger partial charge in [0.05, 0.1) is 13.2 Å². The Morgan fingerprint density at radius 2 is 1.95 bits per heavy atom. The van der Waals surface area contributed by atoms with E-state index in [9.17, 15) is 9.59 Å². The topological polar surface area (TPSA) is 49.9 Å². The Kier molecular flexibility index (Phi) is 5.29. The number of anilines is 1. The number of hydrogen-bond donors (Lipinski definition) is 0. The Labute approximate surface area is 135 Å². The summed E-state index contributed by atoms with van der Waals surface area (Å²) in [7, 11) is 1.34. The number of unbranched alkanes of at least 4 members (excludes halogenated alkanes) is 1. The molecule has 2 rings (SSSR count). The Morgan fingerprint density at radius 1 is 1.32 bits per heavy atom. The van der Waals surface area contributed by atoms with Crippen molar-refractivity contribution in [2.75, 3.05) is 18.6 Å². The lowest BCUT2D eigenvalue weighted by Crippen LogP contribution is -2.43. The largest absolute Gasteiger partial charge is 0.467 e. The van der Waals surface area contributed by atoms with E-state index >= 15 is 0 Å². The minimum atomic E-state index is -0.643. The zero-order chi connectivity index (χ0) is 16.3. The fourth-order valence-electron chi connectivity index (χ4n) is 2.74. The van der Waals surface area contributed by atoms with Crippen LogP contribution in [-0.4, -0.2) is 42.6 Å². The first kappa shape index (κ1) is 16.6. The van der Waals surface area contributed by atoms with Crippen LogP contribution in [0.2, 0.25) is 5.02 Å². The Balaban J connectivity index is 2.36. The molecule has 0 aliphatic carbocycles. The number of hydrogen-bond acceptors (Lipinski definition) is 3. The van der Waals surface area contributed by atoms with E-state index in [0.717, 1.165) is 12.8 Å². The van der Waals surface area contributed by atoms with Crippen molar-refractivity contribution in [2.24, 2.45) is 0 Å². The molecule has 0 radical (unpaired) electrons. The predicted molar refractivity (Wildman–Crippen MR) is 86.2 cm³/mol. The van der Waals surface area contributed by atoms with Crippen LogP contribution in [0.15, 0.2) is 24.3 Å². The number of amides is 2. The van der Waals surface area contributed by atoms with E-state index in [-0.39, 0.29) is 12.1 Å². The molecule has 2 amide bonds. The average molecular weight is 325 g/mol. The van der Waals surface area contributed by atoms with E-state index in [2.05, 4.69) is 6.92 Å². The summed E-state index contributed by atoms with van der Waals surface area (Å²) in [5, 5.41) is 0.584. The van der Waals surface area contributed by atoms with E-state index in [1.165, 1.54) is 12.0 Å². The SMILES string of the molecule is CCCCN1C(=O)N(c2ccc(Cl)cc2)[C@H](C(=O)OC)[C@@H]1C. The first-order chi connectivity index (χ1) is 10.5. The lowest BCUT2D eigenvalue weighted by atomic mass is 10.1. The second-order valence-corrected chi connectivity index (χ2v) is 5.82. The second-order valence-electron chi connectivity index (χ2n) is 5.38. The molecule has 1 heterocycles. The van der Waals surface area contributed by atoms with Crippen LogP contribution >= 0.6 is 11.6 Å². The molecular formula is C16H21ClN2O3. The molecule has 1 aliphatic heterocycles. The van der Waals surface area contributed by atoms with Crippen molar-refractivity contribution in [2.45, 2.75) is 38.8 Å². The molecule has 0 spiro atoms. The lowest BCUT2D eigenvalue weighted by Gasteiger charge is -2.23. The van der Waals surface area contributed by atoms with Gasteiger partial charge in [-0.15, -0.1) is 0 Å². The molecule has 1 aliphatic rings. The monoisotopic (exact) mass is 324 g/mol. The number of urea groups is 1. The highest BCUT2D eigenvalue weighted by molar-refractivity contribution is 6.30. The number of nitrogens with zero attached hydrogens (tertiary/aromatic N) is 2. The maximum absolute atomic E-state index is 12.7. The molecule has 6 heteroatoms. The molecular weight excluding hydrogens is 304 g/mol. The summed E-state index contributed by atoms with van der Waals surface area (Å²) in [6, 6.07) is 5.85. The van der Waals surface area contributed by atoms with Gasteiger partial charge in [-0.25, -0.2) is 9.59 Å². The van der Waals surface area contributed by atoms with Gasteiger partial charge in [0.1, 0.15) is 0 Å². The van der Waals surface area contributed by atoms with Gasteiger partial charge in [-0.2, -0.15) is 0 Å². The van der Waals surface area contributed by atoms with Gasteiger partial charge in [-0.1, -0.05) is 24.9 Å². The van der Waals surface area contributed by atoms with Crippen molar-refractivity contribution in [3.8, 4) is 0 Å². The van der Waals surface area contributed by atoms with Crippen LogP contribution < -0.4 is 4.90 Å². The molecule has 1 saturated heterocycles. The van der Waals surface area contributed by atoms with Gasteiger partial charge in [-0.05, 0) is 37.6 Å². The van der Waals surface area contributed by atoms with Crippen molar-refractivity contribution in [3.05, 3.63) is 29.3 Å². The normalized spacial score (nSPS) is 21.4. The average Bonchev–Trinajstić information content (AvgIpc) is 2.76. The van der Waals surface area contributed by atoms with Crippen LogP contribution in [-0.2, 0) is 9.53 Å². The maximum atomic E-state index is 12.7. The van der Waals surface area contributed by atoms with Crippen molar-refractivity contribution in [1.82, 2.24) is 4.90 Å². The van der Waals surface area contributed by atoms with Gasteiger partial charge in [0.25, 0.3) is 0 Å². The van der Waals surface area contributed by atoms with Gasteiger partial charge in [0.15, 0.2) is 6.04 Å². The van der Waals surface area contributed by atoms with Gasteiger partial charge in [-0.3, -0.25) is 4.90 Å². The number of benzene rings is 1. The van der Waals surface area contributed by atoms with Crippen LogP contribution in [0, 0.1) is 0 Å². The minimum Gasteiger partial charge on any atom is -0.467 e. The molecule has 1 fully saturated rings. The first-order valence-electron chi connectivity index (χ1n) is 7.44. The van der Waals surface area contributed by atoms with Gasteiger partial charge in [0, 0.05) is 17.3 Å². The zero-order valence-corrected chi connectivity index (χ0v) is 13.8. The molecule has 0 N–H and O–H groups in total. The van der Waals surface area contributed by atoms with Crippen LogP contribution in [0.25, 0.3) is 0 Å². The Bertz CT molecular complexity index is 547. The third-order valence-electron chi connectivity index (χ3n) is 3.98. The number of esters is 1. The van der Waals surface area contributed by atoms with Crippen molar-refractivity contribution in [1.29, 1.82) is 0 Å². The molecule has 0 unspecified atom stereocenters. The molecule has 1 aromatic rings. The van der Waals surface area contributed by atoms with Crippen molar-refractivity contribution >= 4 is 29.3 Å². The molecule has 120 valence electrons. The quantitative estimate of drug-likeness (QED) is 0.781. The summed E-state index contributed by atoms with van der Waals surface area (Å²) in [6.45, 7) is 4.58. The summed E-state index contributed by atoms with van der Waals surface area (Å²) in [5.74, 6) is -0.408. The van der Waals surface area contributed by atoms with Crippen LogP contribution in [0.3, 0.4) is 0 Å². The van der Waals surface area contributed by atoms with Gasteiger partial charge < -0.3 is 9.64 Å².